The van der Waals surface area contributed by atoms with Gasteiger partial charge in [0.1, 0.15) is 12.4 Å². The average molecular weight is 476 g/mol. The summed E-state index contributed by atoms with van der Waals surface area (Å²) in [5.41, 5.74) is 2.78. The molecule has 7 heteroatoms. The van der Waals surface area contributed by atoms with Crippen LogP contribution >= 0.6 is 23.4 Å². The summed E-state index contributed by atoms with van der Waals surface area (Å²) in [5, 5.41) is 19.2. The van der Waals surface area contributed by atoms with Gasteiger partial charge in [-0.2, -0.15) is 0 Å². The molecule has 5 rings (SSSR count). The number of halogens is 1. The maximum Gasteiger partial charge on any atom is 0.160 e. The van der Waals surface area contributed by atoms with Gasteiger partial charge in [0, 0.05) is 27.4 Å². The number of aliphatic hydroxyl groups is 1. The Hall–Kier alpha value is -3.06. The summed E-state index contributed by atoms with van der Waals surface area (Å²) in [5.74, 6) is 1.51. The van der Waals surface area contributed by atoms with Gasteiger partial charge < -0.3 is 9.84 Å². The molecule has 2 aromatic heterocycles. The molecule has 0 aliphatic heterocycles. The summed E-state index contributed by atoms with van der Waals surface area (Å²) in [6, 6.07) is 21.9. The van der Waals surface area contributed by atoms with Crippen LogP contribution in [0.1, 0.15) is 29.3 Å². The summed E-state index contributed by atoms with van der Waals surface area (Å²) in [6.07, 6.45) is 6.45. The van der Waals surface area contributed by atoms with Crippen molar-refractivity contribution in [1.82, 2.24) is 14.6 Å². The molecule has 166 valence electrons. The van der Waals surface area contributed by atoms with Crippen molar-refractivity contribution in [3.8, 4) is 0 Å². The number of nitrogens with zero attached hydrogens (tertiary/aromatic N) is 3. The summed E-state index contributed by atoms with van der Waals surface area (Å²) in [6.45, 7) is 0.514. The van der Waals surface area contributed by atoms with Crippen LogP contribution in [0.2, 0.25) is 0 Å². The van der Waals surface area contributed by atoms with Crippen molar-refractivity contribution in [2.24, 2.45) is 0 Å². The lowest BCUT2D eigenvalue weighted by Gasteiger charge is -2.21. The predicted octanol–water partition coefficient (Wildman–Crippen LogP) is 6.08. The third kappa shape index (κ3) is 4.83. The first-order valence-corrected chi connectivity index (χ1v) is 11.8. The molecule has 0 fully saturated rings. The molecule has 0 bridgehead atoms. The molecule has 4 aromatic rings. The van der Waals surface area contributed by atoms with E-state index in [1.807, 2.05) is 89.5 Å². The fourth-order valence-electron chi connectivity index (χ4n) is 3.78. The Kier molecular flexibility index (Phi) is 6.48. The number of hydrogen-bond donors (Lipinski definition) is 1. The predicted molar refractivity (Wildman–Crippen MR) is 130 cm³/mol. The first-order valence-electron chi connectivity index (χ1n) is 10.7. The molecular formula is C26H22ClN3O2S. The van der Waals surface area contributed by atoms with E-state index >= 15 is 0 Å². The molecule has 33 heavy (non-hydrogen) atoms. The Bertz CT molecular complexity index is 1330. The van der Waals surface area contributed by atoms with Crippen molar-refractivity contribution in [1.29, 1.82) is 0 Å². The smallest absolute Gasteiger partial charge is 0.160 e. The molecule has 2 heterocycles. The first kappa shape index (κ1) is 21.8. The molecule has 0 radical (unpaired) electrons. The van der Waals surface area contributed by atoms with Gasteiger partial charge >= 0.3 is 0 Å². The number of pyridine rings is 1. The highest BCUT2D eigenvalue weighted by Crippen LogP contribution is 2.37. The number of rotatable bonds is 7. The number of hydrogen-bond acceptors (Lipinski definition) is 5. The van der Waals surface area contributed by atoms with Crippen LogP contribution in [-0.4, -0.2) is 19.7 Å². The number of aromatic nitrogens is 3. The van der Waals surface area contributed by atoms with E-state index in [1.165, 1.54) is 0 Å². The van der Waals surface area contributed by atoms with Crippen LogP contribution in [0.15, 0.2) is 106 Å². The van der Waals surface area contributed by atoms with Crippen molar-refractivity contribution >= 4 is 29.0 Å². The Morgan fingerprint density at radius 2 is 1.82 bits per heavy atom. The fourth-order valence-corrected chi connectivity index (χ4v) is 4.97. The normalized spacial score (nSPS) is 15.9. The number of fused-ring (bicyclic) bond motifs is 1. The number of allylic oxidation sites excluding steroid dienone is 4. The molecule has 2 aromatic carbocycles. The molecule has 1 unspecified atom stereocenters. The lowest BCUT2D eigenvalue weighted by Crippen LogP contribution is -2.10. The van der Waals surface area contributed by atoms with Gasteiger partial charge in [-0.1, -0.05) is 71.9 Å². The zero-order valence-corrected chi connectivity index (χ0v) is 19.3. The maximum absolute atomic E-state index is 9.64. The van der Waals surface area contributed by atoms with Crippen LogP contribution in [0.4, 0.5) is 0 Å². The lowest BCUT2D eigenvalue weighted by atomic mass is 9.98. The van der Waals surface area contributed by atoms with E-state index in [1.54, 1.807) is 11.8 Å². The van der Waals surface area contributed by atoms with Crippen LogP contribution in [0, 0.1) is 0 Å². The summed E-state index contributed by atoms with van der Waals surface area (Å²) in [7, 11) is 0. The molecule has 1 aliphatic rings. The standard InChI is InChI=1S/C26H22ClN3O2S/c27-23-12-10-20(32-17-18-6-2-1-3-7-18)14-22(23)26-29-28-25-13-11-21(15-30(25)26)33-24-9-5-4-8-19(24)16-31/h1-13,15,22,31H,14,16-17H2. The Balaban J connectivity index is 1.38. The van der Waals surface area contributed by atoms with Gasteiger partial charge in [-0.3, -0.25) is 4.40 Å². The monoisotopic (exact) mass is 475 g/mol. The number of benzene rings is 2. The van der Waals surface area contributed by atoms with Crippen molar-refractivity contribution in [3.63, 3.8) is 0 Å². The largest absolute Gasteiger partial charge is 0.493 e. The van der Waals surface area contributed by atoms with Gasteiger partial charge in [0.05, 0.1) is 18.3 Å². The molecule has 5 nitrogen and oxygen atoms in total. The molecule has 0 saturated heterocycles. The Morgan fingerprint density at radius 1 is 1.00 bits per heavy atom. The van der Waals surface area contributed by atoms with Crippen LogP contribution in [0.25, 0.3) is 5.65 Å². The van der Waals surface area contributed by atoms with E-state index in [4.69, 9.17) is 16.3 Å². The second kappa shape index (κ2) is 9.83. The van der Waals surface area contributed by atoms with Gasteiger partial charge in [-0.25, -0.2) is 0 Å². The quantitative estimate of drug-likeness (QED) is 0.351. The van der Waals surface area contributed by atoms with Gasteiger partial charge in [0.2, 0.25) is 0 Å². The zero-order chi connectivity index (χ0) is 22.6. The maximum atomic E-state index is 9.64. The molecule has 0 amide bonds. The molecular weight excluding hydrogens is 454 g/mol. The molecule has 1 atom stereocenters. The third-order valence-corrected chi connectivity index (χ3v) is 7.00. The van der Waals surface area contributed by atoms with Crippen molar-refractivity contribution in [3.05, 3.63) is 113 Å². The van der Waals surface area contributed by atoms with E-state index in [0.29, 0.717) is 18.1 Å². The number of aliphatic hydroxyl groups excluding tert-OH is 1. The Morgan fingerprint density at radius 3 is 2.67 bits per heavy atom. The fraction of sp³-hybridized carbons (Fsp3) is 0.154. The van der Waals surface area contributed by atoms with Crippen molar-refractivity contribution in [2.45, 2.75) is 35.3 Å². The summed E-state index contributed by atoms with van der Waals surface area (Å²) < 4.78 is 8.05. The molecule has 0 saturated carbocycles. The van der Waals surface area contributed by atoms with Gasteiger partial charge in [0.25, 0.3) is 0 Å². The second-order valence-electron chi connectivity index (χ2n) is 7.73. The second-order valence-corrected chi connectivity index (χ2v) is 9.29. The molecule has 1 aliphatic carbocycles. The van der Waals surface area contributed by atoms with Gasteiger partial charge in [0.15, 0.2) is 5.65 Å². The molecule has 1 N–H and O–H groups in total. The van der Waals surface area contributed by atoms with Gasteiger partial charge in [-0.15, -0.1) is 10.2 Å². The van der Waals surface area contributed by atoms with E-state index in [9.17, 15) is 5.11 Å². The van der Waals surface area contributed by atoms with E-state index < -0.39 is 0 Å². The van der Waals surface area contributed by atoms with Crippen LogP contribution in [0.5, 0.6) is 0 Å². The van der Waals surface area contributed by atoms with Crippen molar-refractivity contribution < 1.29 is 9.84 Å². The van der Waals surface area contributed by atoms with E-state index in [-0.39, 0.29) is 12.5 Å². The Labute approximate surface area is 201 Å². The SMILES string of the molecule is OCc1ccccc1Sc1ccc2nnc(C3CC(OCc4ccccc4)=CC=C3Cl)n2c1. The lowest BCUT2D eigenvalue weighted by molar-refractivity contribution is 0.185. The molecule has 0 spiro atoms. The van der Waals surface area contributed by atoms with Gasteiger partial charge in [-0.05, 0) is 41.5 Å². The minimum absolute atomic E-state index is 0.00384. The summed E-state index contributed by atoms with van der Waals surface area (Å²) in [4.78, 5) is 2.04. The first-order chi connectivity index (χ1) is 16.2. The van der Waals surface area contributed by atoms with Crippen LogP contribution in [-0.2, 0) is 18.0 Å². The highest BCUT2D eigenvalue weighted by molar-refractivity contribution is 7.99. The zero-order valence-electron chi connectivity index (χ0n) is 17.8. The number of ether oxygens (including phenoxy) is 1. The highest BCUT2D eigenvalue weighted by Gasteiger charge is 2.26. The highest BCUT2D eigenvalue weighted by atomic mass is 35.5. The minimum Gasteiger partial charge on any atom is -0.493 e. The van der Waals surface area contributed by atoms with Crippen LogP contribution in [0.3, 0.4) is 0 Å². The van der Waals surface area contributed by atoms with E-state index in [2.05, 4.69) is 10.2 Å². The average Bonchev–Trinajstić information content (AvgIpc) is 3.27. The minimum atomic E-state index is -0.137. The topological polar surface area (TPSA) is 59.7 Å². The van der Waals surface area contributed by atoms with Crippen LogP contribution < -0.4 is 0 Å². The van der Waals surface area contributed by atoms with Crippen molar-refractivity contribution in [2.75, 3.05) is 0 Å². The third-order valence-electron chi connectivity index (χ3n) is 5.52. The van der Waals surface area contributed by atoms with E-state index in [0.717, 1.165) is 38.1 Å². The summed E-state index contributed by atoms with van der Waals surface area (Å²) >= 11 is 8.21.